The second-order valence-electron chi connectivity index (χ2n) is 6.16. The monoisotopic (exact) mass is 286 g/mol. The third-order valence-corrected chi connectivity index (χ3v) is 4.59. The summed E-state index contributed by atoms with van der Waals surface area (Å²) in [6, 6.07) is 7.60. The first-order valence-electron chi connectivity index (χ1n) is 7.83. The van der Waals surface area contributed by atoms with Crippen LogP contribution in [-0.2, 0) is 9.59 Å². The van der Waals surface area contributed by atoms with Crippen LogP contribution in [0.2, 0.25) is 0 Å². The van der Waals surface area contributed by atoms with Gasteiger partial charge in [-0.05, 0) is 38.3 Å². The molecular formula is C17H22N2O2. The Morgan fingerprint density at radius 2 is 1.81 bits per heavy atom. The first-order valence-corrected chi connectivity index (χ1v) is 7.83. The van der Waals surface area contributed by atoms with Crippen LogP contribution in [0.3, 0.4) is 0 Å². The number of hydrogen-bond donors (Lipinski definition) is 1. The molecule has 0 bridgehead atoms. The minimum Gasteiger partial charge on any atom is -0.344 e. The predicted octanol–water partition coefficient (Wildman–Crippen LogP) is 2.41. The maximum Gasteiger partial charge on any atom is 0.249 e. The summed E-state index contributed by atoms with van der Waals surface area (Å²) in [5.41, 5.74) is 2.10. The molecule has 2 amide bonds. The van der Waals surface area contributed by atoms with Crippen molar-refractivity contribution in [1.82, 2.24) is 5.32 Å². The van der Waals surface area contributed by atoms with Crippen LogP contribution in [0.25, 0.3) is 0 Å². The lowest BCUT2D eigenvalue weighted by atomic mass is 10.1. The highest BCUT2D eigenvalue weighted by Crippen LogP contribution is 2.26. The van der Waals surface area contributed by atoms with Crippen LogP contribution >= 0.6 is 0 Å². The van der Waals surface area contributed by atoms with Crippen LogP contribution in [0, 0.1) is 12.8 Å². The summed E-state index contributed by atoms with van der Waals surface area (Å²) >= 11 is 0. The molecule has 1 atom stereocenters. The molecule has 4 nitrogen and oxygen atoms in total. The highest BCUT2D eigenvalue weighted by atomic mass is 16.2. The molecule has 1 aliphatic carbocycles. The molecule has 0 aromatic heterocycles. The Morgan fingerprint density at radius 3 is 2.48 bits per heavy atom. The van der Waals surface area contributed by atoms with Crippen molar-refractivity contribution in [2.45, 2.75) is 45.1 Å². The molecule has 4 heteroatoms. The summed E-state index contributed by atoms with van der Waals surface area (Å²) in [7, 11) is 0. The summed E-state index contributed by atoms with van der Waals surface area (Å²) < 4.78 is 0. The van der Waals surface area contributed by atoms with Gasteiger partial charge in [0.25, 0.3) is 0 Å². The van der Waals surface area contributed by atoms with E-state index in [1.165, 1.54) is 5.56 Å². The molecule has 21 heavy (non-hydrogen) atoms. The van der Waals surface area contributed by atoms with Gasteiger partial charge in [-0.25, -0.2) is 0 Å². The molecule has 1 aliphatic heterocycles. The van der Waals surface area contributed by atoms with Gasteiger partial charge in [-0.2, -0.15) is 0 Å². The molecule has 0 unspecified atom stereocenters. The first kappa shape index (κ1) is 14.1. The van der Waals surface area contributed by atoms with E-state index in [0.717, 1.165) is 31.4 Å². The van der Waals surface area contributed by atoms with Crippen LogP contribution < -0.4 is 10.2 Å². The van der Waals surface area contributed by atoms with Gasteiger partial charge in [0.1, 0.15) is 6.04 Å². The lowest BCUT2D eigenvalue weighted by molar-refractivity contribution is -0.129. The van der Waals surface area contributed by atoms with Crippen molar-refractivity contribution in [1.29, 1.82) is 0 Å². The molecule has 1 aromatic carbocycles. The van der Waals surface area contributed by atoms with Crippen molar-refractivity contribution in [2.24, 2.45) is 5.92 Å². The van der Waals surface area contributed by atoms with E-state index in [0.29, 0.717) is 13.0 Å². The largest absolute Gasteiger partial charge is 0.344 e. The van der Waals surface area contributed by atoms with Crippen LogP contribution in [0.1, 0.15) is 37.7 Å². The number of amides is 2. The van der Waals surface area contributed by atoms with Gasteiger partial charge in [0.15, 0.2) is 0 Å². The Labute approximate surface area is 125 Å². The molecule has 1 saturated carbocycles. The molecule has 2 aliphatic rings. The van der Waals surface area contributed by atoms with Gasteiger partial charge in [-0.15, -0.1) is 0 Å². The SMILES string of the molecule is Cc1ccc(N2CC[C@H](NC(=O)C3CCCC3)C2=O)cc1. The molecule has 0 spiro atoms. The highest BCUT2D eigenvalue weighted by molar-refractivity contribution is 6.01. The standard InChI is InChI=1S/C17H22N2O2/c1-12-6-8-14(9-7-12)19-11-10-15(17(19)21)18-16(20)13-4-2-3-5-13/h6-9,13,15H,2-5,10-11H2,1H3,(H,18,20)/t15-/m0/s1. The number of carbonyl (C=O) groups excluding carboxylic acids is 2. The zero-order chi connectivity index (χ0) is 14.8. The van der Waals surface area contributed by atoms with Crippen LogP contribution in [0.15, 0.2) is 24.3 Å². The summed E-state index contributed by atoms with van der Waals surface area (Å²) in [5, 5.41) is 2.95. The van der Waals surface area contributed by atoms with Crippen LogP contribution in [0.4, 0.5) is 5.69 Å². The average molecular weight is 286 g/mol. The first-order chi connectivity index (χ1) is 10.1. The highest BCUT2D eigenvalue weighted by Gasteiger charge is 2.35. The number of hydrogen-bond acceptors (Lipinski definition) is 2. The number of nitrogens with zero attached hydrogens (tertiary/aromatic N) is 1. The van der Waals surface area contributed by atoms with E-state index < -0.39 is 0 Å². The van der Waals surface area contributed by atoms with Gasteiger partial charge in [-0.1, -0.05) is 30.5 Å². The van der Waals surface area contributed by atoms with Crippen molar-refractivity contribution in [3.63, 3.8) is 0 Å². The Hall–Kier alpha value is -1.84. The van der Waals surface area contributed by atoms with E-state index >= 15 is 0 Å². The number of anilines is 1. The van der Waals surface area contributed by atoms with Crippen LogP contribution in [0.5, 0.6) is 0 Å². The second kappa shape index (κ2) is 5.88. The Bertz CT molecular complexity index is 532. The summed E-state index contributed by atoms with van der Waals surface area (Å²) in [4.78, 5) is 26.4. The number of nitrogens with one attached hydrogen (secondary N) is 1. The molecule has 3 rings (SSSR count). The van der Waals surface area contributed by atoms with E-state index in [9.17, 15) is 9.59 Å². The van der Waals surface area contributed by atoms with E-state index in [-0.39, 0.29) is 23.8 Å². The number of aryl methyl sites for hydroxylation is 1. The Kier molecular flexibility index (Phi) is 3.95. The lowest BCUT2D eigenvalue weighted by Crippen LogP contribution is -2.43. The molecule has 1 saturated heterocycles. The van der Waals surface area contributed by atoms with Gasteiger partial charge in [0.2, 0.25) is 11.8 Å². The van der Waals surface area contributed by atoms with E-state index in [2.05, 4.69) is 5.32 Å². The smallest absolute Gasteiger partial charge is 0.249 e. The zero-order valence-corrected chi connectivity index (χ0v) is 12.5. The van der Waals surface area contributed by atoms with E-state index in [1.807, 2.05) is 31.2 Å². The number of carbonyl (C=O) groups is 2. The van der Waals surface area contributed by atoms with Crippen molar-refractivity contribution >= 4 is 17.5 Å². The topological polar surface area (TPSA) is 49.4 Å². The summed E-state index contributed by atoms with van der Waals surface area (Å²) in [6.07, 6.45) is 4.90. The molecule has 1 heterocycles. The third-order valence-electron chi connectivity index (χ3n) is 4.59. The molecule has 1 aromatic rings. The lowest BCUT2D eigenvalue weighted by Gasteiger charge is -2.18. The molecular weight excluding hydrogens is 264 g/mol. The predicted molar refractivity (Wildman–Crippen MR) is 82.0 cm³/mol. The normalized spacial score (nSPS) is 22.8. The van der Waals surface area contributed by atoms with E-state index in [1.54, 1.807) is 4.90 Å². The van der Waals surface area contributed by atoms with Crippen molar-refractivity contribution in [2.75, 3.05) is 11.4 Å². The molecule has 2 fully saturated rings. The Morgan fingerprint density at radius 1 is 1.14 bits per heavy atom. The zero-order valence-electron chi connectivity index (χ0n) is 12.5. The fourth-order valence-electron chi connectivity index (χ4n) is 3.27. The van der Waals surface area contributed by atoms with Gasteiger partial charge in [-0.3, -0.25) is 9.59 Å². The third kappa shape index (κ3) is 2.94. The quantitative estimate of drug-likeness (QED) is 0.927. The molecule has 112 valence electrons. The molecule has 0 radical (unpaired) electrons. The minimum atomic E-state index is -0.348. The Balaban J connectivity index is 1.63. The maximum atomic E-state index is 12.5. The fourth-order valence-corrected chi connectivity index (χ4v) is 3.27. The number of rotatable bonds is 3. The van der Waals surface area contributed by atoms with Gasteiger partial charge in [0, 0.05) is 18.2 Å². The fraction of sp³-hybridized carbons (Fsp3) is 0.529. The van der Waals surface area contributed by atoms with Crippen LogP contribution in [-0.4, -0.2) is 24.4 Å². The van der Waals surface area contributed by atoms with Gasteiger partial charge < -0.3 is 10.2 Å². The summed E-state index contributed by atoms with van der Waals surface area (Å²) in [5.74, 6) is 0.202. The van der Waals surface area contributed by atoms with Crippen molar-refractivity contribution < 1.29 is 9.59 Å². The van der Waals surface area contributed by atoms with Gasteiger partial charge >= 0.3 is 0 Å². The second-order valence-corrected chi connectivity index (χ2v) is 6.16. The minimum absolute atomic E-state index is 0.0187. The average Bonchev–Trinajstić information content (AvgIpc) is 3.11. The number of benzene rings is 1. The van der Waals surface area contributed by atoms with Gasteiger partial charge in [0.05, 0.1) is 0 Å². The van der Waals surface area contributed by atoms with E-state index in [4.69, 9.17) is 0 Å². The maximum absolute atomic E-state index is 12.5. The molecule has 1 N–H and O–H groups in total. The van der Waals surface area contributed by atoms with Crippen molar-refractivity contribution in [3.05, 3.63) is 29.8 Å². The summed E-state index contributed by atoms with van der Waals surface area (Å²) in [6.45, 7) is 2.71. The van der Waals surface area contributed by atoms with Crippen molar-refractivity contribution in [3.8, 4) is 0 Å².